The van der Waals surface area contributed by atoms with Gasteiger partial charge in [0, 0.05) is 6.54 Å². The molecule has 1 aromatic rings. The van der Waals surface area contributed by atoms with Crippen molar-refractivity contribution in [1.82, 2.24) is 9.80 Å². The highest BCUT2D eigenvalue weighted by atomic mass is 19.4. The van der Waals surface area contributed by atoms with Crippen molar-refractivity contribution >= 4 is 23.7 Å². The highest BCUT2D eigenvalue weighted by Crippen LogP contribution is 2.43. The van der Waals surface area contributed by atoms with Gasteiger partial charge in [-0.3, -0.25) is 4.79 Å². The van der Waals surface area contributed by atoms with E-state index in [1.807, 2.05) is 0 Å². The van der Waals surface area contributed by atoms with Gasteiger partial charge in [-0.25, -0.2) is 14.5 Å². The summed E-state index contributed by atoms with van der Waals surface area (Å²) in [5.74, 6) is -0.629. The molecular formula is C16H14F3N3O4. The summed E-state index contributed by atoms with van der Waals surface area (Å²) < 4.78 is 43.5. The molecule has 0 aromatic heterocycles. The molecule has 7 nitrogen and oxygen atoms in total. The number of benzene rings is 1. The van der Waals surface area contributed by atoms with Gasteiger partial charge in [0.1, 0.15) is 6.04 Å². The zero-order valence-corrected chi connectivity index (χ0v) is 13.6. The fourth-order valence-corrected chi connectivity index (χ4v) is 4.04. The molecule has 3 fully saturated rings. The van der Waals surface area contributed by atoms with Crippen LogP contribution in [0.4, 0.5) is 28.4 Å². The van der Waals surface area contributed by atoms with Crippen molar-refractivity contribution in [3.8, 4) is 0 Å². The average molecular weight is 369 g/mol. The van der Waals surface area contributed by atoms with Crippen LogP contribution in [0.3, 0.4) is 0 Å². The Morgan fingerprint density at radius 3 is 2.65 bits per heavy atom. The lowest BCUT2D eigenvalue weighted by atomic mass is 10.1. The van der Waals surface area contributed by atoms with E-state index in [2.05, 4.69) is 0 Å². The van der Waals surface area contributed by atoms with Gasteiger partial charge < -0.3 is 14.5 Å². The van der Waals surface area contributed by atoms with Gasteiger partial charge in [-0.05, 0) is 24.6 Å². The highest BCUT2D eigenvalue weighted by molar-refractivity contribution is 6.22. The van der Waals surface area contributed by atoms with Crippen LogP contribution in [0, 0.1) is 0 Å². The number of amides is 4. The van der Waals surface area contributed by atoms with Crippen LogP contribution in [-0.2, 0) is 15.7 Å². The van der Waals surface area contributed by atoms with Gasteiger partial charge in [-0.2, -0.15) is 13.2 Å². The topological polar surface area (TPSA) is 70.2 Å². The third-order valence-corrected chi connectivity index (χ3v) is 5.11. The summed E-state index contributed by atoms with van der Waals surface area (Å²) in [7, 11) is 1.22. The summed E-state index contributed by atoms with van der Waals surface area (Å²) in [4.78, 5) is 40.9. The van der Waals surface area contributed by atoms with Crippen molar-refractivity contribution in [3.63, 3.8) is 0 Å². The van der Waals surface area contributed by atoms with Gasteiger partial charge >= 0.3 is 18.3 Å². The van der Waals surface area contributed by atoms with Crippen molar-refractivity contribution in [1.29, 1.82) is 0 Å². The van der Waals surface area contributed by atoms with Gasteiger partial charge in [0.15, 0.2) is 0 Å². The molecule has 3 aliphatic heterocycles. The number of carbonyl (C=O) groups is 3. The number of methoxy groups -OCH3 is 1. The summed E-state index contributed by atoms with van der Waals surface area (Å²) in [5.41, 5.74) is -1.07. The second-order valence-electron chi connectivity index (χ2n) is 6.44. The Labute approximate surface area is 145 Å². The molecule has 3 heterocycles. The van der Waals surface area contributed by atoms with Crippen molar-refractivity contribution in [2.75, 3.05) is 18.6 Å². The van der Waals surface area contributed by atoms with Crippen LogP contribution >= 0.6 is 0 Å². The van der Waals surface area contributed by atoms with Crippen molar-refractivity contribution in [2.45, 2.75) is 30.7 Å². The molecule has 0 radical (unpaired) electrons. The fourth-order valence-electron chi connectivity index (χ4n) is 4.04. The predicted octanol–water partition coefficient (Wildman–Crippen LogP) is 2.07. The molecule has 0 aliphatic carbocycles. The number of alkyl halides is 3. The highest BCUT2D eigenvalue weighted by Gasteiger charge is 2.63. The quantitative estimate of drug-likeness (QED) is 0.711. The molecule has 10 heteroatoms. The molecule has 3 atom stereocenters. The Hall–Kier alpha value is -2.78. The molecule has 3 saturated heterocycles. The van der Waals surface area contributed by atoms with Crippen molar-refractivity contribution in [2.24, 2.45) is 0 Å². The van der Waals surface area contributed by atoms with E-state index in [-0.39, 0.29) is 18.3 Å². The van der Waals surface area contributed by atoms with E-state index < -0.39 is 41.9 Å². The second kappa shape index (κ2) is 5.36. The van der Waals surface area contributed by atoms with E-state index >= 15 is 0 Å². The van der Waals surface area contributed by atoms with Crippen LogP contribution in [-0.4, -0.2) is 59.6 Å². The van der Waals surface area contributed by atoms with Crippen molar-refractivity contribution < 1.29 is 32.3 Å². The number of urea groups is 1. The van der Waals surface area contributed by atoms with Crippen LogP contribution in [0.2, 0.25) is 0 Å². The summed E-state index contributed by atoms with van der Waals surface area (Å²) in [6, 6.07) is 1.66. The number of carbonyl (C=O) groups excluding carboxylic acids is 3. The Morgan fingerprint density at radius 2 is 2.00 bits per heavy atom. The summed E-state index contributed by atoms with van der Waals surface area (Å²) >= 11 is 0. The first-order valence-corrected chi connectivity index (χ1v) is 7.92. The molecule has 26 heavy (non-hydrogen) atoms. The number of hydrogen-bond donors (Lipinski definition) is 0. The van der Waals surface area contributed by atoms with E-state index in [9.17, 15) is 27.6 Å². The van der Waals surface area contributed by atoms with Gasteiger partial charge in [0.05, 0.1) is 30.4 Å². The number of hydrogen-bond acceptors (Lipinski definition) is 4. The molecule has 2 unspecified atom stereocenters. The summed E-state index contributed by atoms with van der Waals surface area (Å²) in [6.07, 6.45) is -4.72. The van der Waals surface area contributed by atoms with Crippen LogP contribution in [0.15, 0.2) is 24.3 Å². The molecule has 138 valence electrons. The normalized spacial score (nSPS) is 27.4. The molecule has 0 saturated carbocycles. The van der Waals surface area contributed by atoms with E-state index in [1.54, 1.807) is 0 Å². The van der Waals surface area contributed by atoms with Gasteiger partial charge in [-0.1, -0.05) is 6.07 Å². The number of fused-ring (bicyclic) bond motifs is 5. The Morgan fingerprint density at radius 1 is 1.27 bits per heavy atom. The molecule has 4 rings (SSSR count). The summed E-state index contributed by atoms with van der Waals surface area (Å²) in [5, 5.41) is 0. The molecular weight excluding hydrogens is 355 g/mol. The van der Waals surface area contributed by atoms with E-state index in [4.69, 9.17) is 4.74 Å². The second-order valence-corrected chi connectivity index (χ2v) is 6.44. The first-order chi connectivity index (χ1) is 12.2. The fraction of sp³-hybridized carbons (Fsp3) is 0.438. The molecule has 0 spiro atoms. The third-order valence-electron chi connectivity index (χ3n) is 5.11. The van der Waals surface area contributed by atoms with E-state index in [1.165, 1.54) is 23.0 Å². The Kier molecular flexibility index (Phi) is 3.44. The monoisotopic (exact) mass is 369 g/mol. The number of piperazine rings is 1. The summed E-state index contributed by atoms with van der Waals surface area (Å²) in [6.45, 7) is 0.239. The maximum Gasteiger partial charge on any atom is 0.416 e. The zero-order valence-electron chi connectivity index (χ0n) is 13.6. The molecule has 3 aliphatic rings. The van der Waals surface area contributed by atoms with Crippen LogP contribution < -0.4 is 4.90 Å². The average Bonchev–Trinajstić information content (AvgIpc) is 3.25. The van der Waals surface area contributed by atoms with Crippen LogP contribution in [0.5, 0.6) is 0 Å². The van der Waals surface area contributed by atoms with Crippen LogP contribution in [0.25, 0.3) is 0 Å². The number of nitrogens with zero attached hydrogens (tertiary/aromatic N) is 3. The number of halogens is 3. The third kappa shape index (κ3) is 2.17. The van der Waals surface area contributed by atoms with E-state index in [0.717, 1.165) is 23.1 Å². The van der Waals surface area contributed by atoms with Crippen LogP contribution in [0.1, 0.15) is 12.0 Å². The molecule has 2 bridgehead atoms. The Bertz CT molecular complexity index is 812. The van der Waals surface area contributed by atoms with Gasteiger partial charge in [-0.15, -0.1) is 0 Å². The standard InChI is InChI=1S/C16H14F3N3O4/c1-26-15(25)20-7-10-6-11(20)12-13(23)22(14(24)21(10)12)9-4-2-3-8(5-9)16(17,18)19/h2-5,10-12H,6-7H2,1H3/t10?,11?,12-/m1/s1. The first-order valence-electron chi connectivity index (χ1n) is 7.92. The van der Waals surface area contributed by atoms with E-state index in [0.29, 0.717) is 6.42 Å². The number of rotatable bonds is 1. The molecule has 1 aromatic carbocycles. The maximum absolute atomic E-state index is 12.9. The Balaban J connectivity index is 1.67. The number of imide groups is 1. The lowest BCUT2D eigenvalue weighted by Gasteiger charge is -2.33. The number of ether oxygens (including phenoxy) is 1. The minimum atomic E-state index is -4.58. The smallest absolute Gasteiger partial charge is 0.416 e. The molecule has 0 N–H and O–H groups in total. The lowest BCUT2D eigenvalue weighted by molar-refractivity contribution is -0.137. The minimum absolute atomic E-state index is 0.131. The largest absolute Gasteiger partial charge is 0.453 e. The first kappa shape index (κ1) is 16.7. The van der Waals surface area contributed by atoms with Gasteiger partial charge in [0.25, 0.3) is 5.91 Å². The lowest BCUT2D eigenvalue weighted by Crippen LogP contribution is -2.54. The number of likely N-dealkylation sites (tertiary alicyclic amines) is 1. The van der Waals surface area contributed by atoms with Crippen molar-refractivity contribution in [3.05, 3.63) is 29.8 Å². The number of anilines is 1. The molecule has 4 amide bonds. The SMILES string of the molecule is COC(=O)N1CC2CC1[C@@H]1C(=O)N(c3cccc(C(F)(F)F)c3)C(=O)N21. The minimum Gasteiger partial charge on any atom is -0.453 e. The maximum atomic E-state index is 12.9. The van der Waals surface area contributed by atoms with Gasteiger partial charge in [0.2, 0.25) is 0 Å². The predicted molar refractivity (Wildman–Crippen MR) is 81.3 cm³/mol. The zero-order chi connectivity index (χ0) is 18.8.